The predicted octanol–water partition coefficient (Wildman–Crippen LogP) is 2.04. The van der Waals surface area contributed by atoms with E-state index in [1.165, 1.54) is 5.56 Å². The largest absolute Gasteiger partial charge is 0.361 e. The number of hydrogen-bond donors (Lipinski definition) is 0. The summed E-state index contributed by atoms with van der Waals surface area (Å²) in [6.45, 7) is 2.89. The highest BCUT2D eigenvalue weighted by Gasteiger charge is 2.28. The Bertz CT molecular complexity index is 273. The molecule has 1 aromatic carbocycles. The molecular formula is C11H15NO. The molecule has 0 amide bonds. The molecule has 2 nitrogen and oxygen atoms in total. The summed E-state index contributed by atoms with van der Waals surface area (Å²) < 4.78 is 5.56. The van der Waals surface area contributed by atoms with Crippen molar-refractivity contribution in [1.82, 2.24) is 4.90 Å². The minimum Gasteiger partial charge on any atom is -0.361 e. The fourth-order valence-corrected chi connectivity index (χ4v) is 1.73. The minimum absolute atomic E-state index is 0.241. The van der Waals surface area contributed by atoms with Crippen LogP contribution in [0.4, 0.5) is 0 Å². The average molecular weight is 177 g/mol. The van der Waals surface area contributed by atoms with Crippen molar-refractivity contribution in [2.75, 3.05) is 13.7 Å². The van der Waals surface area contributed by atoms with E-state index >= 15 is 0 Å². The molecule has 0 unspecified atom stereocenters. The standard InChI is InChI=1S/C11H15NO/c1-9-12(2)11(8-13-9)10-6-4-3-5-7-10/h3-7,9,11H,8H2,1-2H3/t9-,11+/m1/s1. The first-order valence-corrected chi connectivity index (χ1v) is 4.67. The van der Waals surface area contributed by atoms with Crippen molar-refractivity contribution in [1.29, 1.82) is 0 Å². The van der Waals surface area contributed by atoms with E-state index in [1.54, 1.807) is 0 Å². The third-order valence-corrected chi connectivity index (χ3v) is 2.74. The molecule has 1 saturated heterocycles. The molecule has 0 saturated carbocycles. The third-order valence-electron chi connectivity index (χ3n) is 2.74. The fraction of sp³-hybridized carbons (Fsp3) is 0.455. The third kappa shape index (κ3) is 1.60. The van der Waals surface area contributed by atoms with Crippen molar-refractivity contribution < 1.29 is 4.74 Å². The first kappa shape index (κ1) is 8.73. The van der Waals surface area contributed by atoms with Gasteiger partial charge in [-0.05, 0) is 19.5 Å². The quantitative estimate of drug-likeness (QED) is 0.651. The van der Waals surface area contributed by atoms with E-state index in [9.17, 15) is 0 Å². The van der Waals surface area contributed by atoms with Crippen LogP contribution in [0.25, 0.3) is 0 Å². The molecule has 1 heterocycles. The van der Waals surface area contributed by atoms with Crippen LogP contribution in [0.15, 0.2) is 30.3 Å². The maximum Gasteiger partial charge on any atom is 0.108 e. The molecule has 0 bridgehead atoms. The van der Waals surface area contributed by atoms with Gasteiger partial charge < -0.3 is 4.74 Å². The van der Waals surface area contributed by atoms with Crippen LogP contribution in [0.3, 0.4) is 0 Å². The molecule has 1 aliphatic heterocycles. The molecule has 0 aromatic heterocycles. The molecule has 70 valence electrons. The number of rotatable bonds is 1. The van der Waals surface area contributed by atoms with E-state index in [4.69, 9.17) is 4.74 Å². The summed E-state index contributed by atoms with van der Waals surface area (Å²) in [6.07, 6.45) is 0.241. The summed E-state index contributed by atoms with van der Waals surface area (Å²) in [5, 5.41) is 0. The van der Waals surface area contributed by atoms with Crippen LogP contribution in [0.5, 0.6) is 0 Å². The fourth-order valence-electron chi connectivity index (χ4n) is 1.73. The van der Waals surface area contributed by atoms with Gasteiger partial charge in [0.05, 0.1) is 12.6 Å². The molecule has 2 heteroatoms. The first-order valence-electron chi connectivity index (χ1n) is 4.67. The first-order chi connectivity index (χ1) is 6.29. The van der Waals surface area contributed by atoms with Crippen LogP contribution in [0.1, 0.15) is 18.5 Å². The van der Waals surface area contributed by atoms with E-state index in [1.807, 2.05) is 6.07 Å². The summed E-state index contributed by atoms with van der Waals surface area (Å²) in [5.41, 5.74) is 1.34. The van der Waals surface area contributed by atoms with E-state index in [0.29, 0.717) is 6.04 Å². The van der Waals surface area contributed by atoms with Gasteiger partial charge in [0.2, 0.25) is 0 Å². The van der Waals surface area contributed by atoms with Crippen molar-refractivity contribution in [3.05, 3.63) is 35.9 Å². The van der Waals surface area contributed by atoms with Gasteiger partial charge in [0.1, 0.15) is 6.23 Å². The van der Waals surface area contributed by atoms with E-state index in [0.717, 1.165) is 6.61 Å². The second-order valence-electron chi connectivity index (χ2n) is 3.52. The number of hydrogen-bond acceptors (Lipinski definition) is 2. The van der Waals surface area contributed by atoms with Crippen LogP contribution in [-0.4, -0.2) is 24.8 Å². The smallest absolute Gasteiger partial charge is 0.108 e. The van der Waals surface area contributed by atoms with E-state index in [2.05, 4.69) is 43.1 Å². The molecule has 13 heavy (non-hydrogen) atoms. The van der Waals surface area contributed by atoms with Crippen LogP contribution in [0, 0.1) is 0 Å². The van der Waals surface area contributed by atoms with Gasteiger partial charge in [-0.15, -0.1) is 0 Å². The van der Waals surface area contributed by atoms with Crippen molar-refractivity contribution >= 4 is 0 Å². The Morgan fingerprint density at radius 2 is 2.00 bits per heavy atom. The van der Waals surface area contributed by atoms with Crippen molar-refractivity contribution in [2.24, 2.45) is 0 Å². The van der Waals surface area contributed by atoms with Gasteiger partial charge in [-0.3, -0.25) is 4.90 Å². The van der Waals surface area contributed by atoms with Gasteiger partial charge in [-0.1, -0.05) is 30.3 Å². The highest BCUT2D eigenvalue weighted by Crippen LogP contribution is 2.27. The normalized spacial score (nSPS) is 29.4. The minimum atomic E-state index is 0.241. The lowest BCUT2D eigenvalue weighted by atomic mass is 10.1. The molecule has 1 fully saturated rings. The Balaban J connectivity index is 2.19. The molecule has 1 aliphatic rings. The van der Waals surface area contributed by atoms with Crippen molar-refractivity contribution in [3.63, 3.8) is 0 Å². The zero-order valence-electron chi connectivity index (χ0n) is 8.10. The van der Waals surface area contributed by atoms with Gasteiger partial charge in [0.15, 0.2) is 0 Å². The molecule has 2 rings (SSSR count). The van der Waals surface area contributed by atoms with Crippen LogP contribution in [-0.2, 0) is 4.74 Å². The predicted molar refractivity (Wildman–Crippen MR) is 52.4 cm³/mol. The monoisotopic (exact) mass is 177 g/mol. The molecule has 0 aliphatic carbocycles. The van der Waals surface area contributed by atoms with E-state index in [-0.39, 0.29) is 6.23 Å². The number of ether oxygens (including phenoxy) is 1. The zero-order valence-corrected chi connectivity index (χ0v) is 8.10. The maximum absolute atomic E-state index is 5.56. The Kier molecular flexibility index (Phi) is 2.34. The lowest BCUT2D eigenvalue weighted by Gasteiger charge is -2.20. The SMILES string of the molecule is C[C@H]1OC[C@@H](c2ccccc2)N1C. The number of benzene rings is 1. The van der Waals surface area contributed by atoms with Gasteiger partial charge in [-0.2, -0.15) is 0 Å². The second-order valence-corrected chi connectivity index (χ2v) is 3.52. The molecular weight excluding hydrogens is 162 g/mol. The summed E-state index contributed by atoms with van der Waals surface area (Å²) >= 11 is 0. The Hall–Kier alpha value is -0.860. The molecule has 0 spiro atoms. The second kappa shape index (κ2) is 3.48. The number of nitrogens with zero attached hydrogens (tertiary/aromatic N) is 1. The summed E-state index contributed by atoms with van der Waals surface area (Å²) in [5.74, 6) is 0. The van der Waals surface area contributed by atoms with E-state index < -0.39 is 0 Å². The molecule has 1 aromatic rings. The molecule has 0 N–H and O–H groups in total. The lowest BCUT2D eigenvalue weighted by molar-refractivity contribution is 0.0606. The summed E-state index contributed by atoms with van der Waals surface area (Å²) in [7, 11) is 2.11. The highest BCUT2D eigenvalue weighted by molar-refractivity contribution is 5.19. The summed E-state index contributed by atoms with van der Waals surface area (Å²) in [4.78, 5) is 2.26. The Labute approximate surface area is 79.1 Å². The van der Waals surface area contributed by atoms with Gasteiger partial charge in [0.25, 0.3) is 0 Å². The Morgan fingerprint density at radius 1 is 1.31 bits per heavy atom. The average Bonchev–Trinajstić information content (AvgIpc) is 2.49. The molecule has 0 radical (unpaired) electrons. The van der Waals surface area contributed by atoms with Crippen LogP contribution in [0.2, 0.25) is 0 Å². The maximum atomic E-state index is 5.56. The van der Waals surface area contributed by atoms with Gasteiger partial charge in [0, 0.05) is 0 Å². The number of likely N-dealkylation sites (N-methyl/N-ethyl adjacent to an activating group) is 1. The van der Waals surface area contributed by atoms with Crippen LogP contribution < -0.4 is 0 Å². The lowest BCUT2D eigenvalue weighted by Crippen LogP contribution is -2.25. The van der Waals surface area contributed by atoms with Gasteiger partial charge >= 0.3 is 0 Å². The summed E-state index contributed by atoms with van der Waals surface area (Å²) in [6, 6.07) is 10.9. The molecule has 2 atom stereocenters. The van der Waals surface area contributed by atoms with Crippen molar-refractivity contribution in [3.8, 4) is 0 Å². The zero-order chi connectivity index (χ0) is 9.26. The van der Waals surface area contributed by atoms with Crippen molar-refractivity contribution in [2.45, 2.75) is 19.2 Å². The van der Waals surface area contributed by atoms with Gasteiger partial charge in [-0.25, -0.2) is 0 Å². The topological polar surface area (TPSA) is 12.5 Å². The Morgan fingerprint density at radius 3 is 2.54 bits per heavy atom. The van der Waals surface area contributed by atoms with Crippen LogP contribution >= 0.6 is 0 Å². The highest BCUT2D eigenvalue weighted by atomic mass is 16.5.